The van der Waals surface area contributed by atoms with Gasteiger partial charge in [-0.3, -0.25) is 9.59 Å². The summed E-state index contributed by atoms with van der Waals surface area (Å²) in [5.41, 5.74) is 1.03. The van der Waals surface area contributed by atoms with E-state index in [1.807, 2.05) is 18.2 Å². The van der Waals surface area contributed by atoms with Gasteiger partial charge in [-0.15, -0.1) is 0 Å². The van der Waals surface area contributed by atoms with Gasteiger partial charge < -0.3 is 10.1 Å². The van der Waals surface area contributed by atoms with Gasteiger partial charge in [-0.05, 0) is 17.7 Å². The number of rotatable bonds is 2. The van der Waals surface area contributed by atoms with Crippen molar-refractivity contribution in [2.75, 3.05) is 6.54 Å². The van der Waals surface area contributed by atoms with Gasteiger partial charge in [-0.1, -0.05) is 12.1 Å². The molecule has 0 aliphatic carbocycles. The third-order valence-corrected chi connectivity index (χ3v) is 2.57. The number of carbonyl (C=O) groups is 2. The summed E-state index contributed by atoms with van der Waals surface area (Å²) >= 11 is 0. The summed E-state index contributed by atoms with van der Waals surface area (Å²) in [5.74, 6) is 0.452. The van der Waals surface area contributed by atoms with E-state index in [0.717, 1.165) is 5.56 Å². The molecule has 1 amide bonds. The molecule has 4 heteroatoms. The van der Waals surface area contributed by atoms with Crippen LogP contribution in [0.4, 0.5) is 0 Å². The van der Waals surface area contributed by atoms with E-state index in [0.29, 0.717) is 18.7 Å². The van der Waals surface area contributed by atoms with Crippen LogP contribution in [0.25, 0.3) is 0 Å². The van der Waals surface area contributed by atoms with Gasteiger partial charge in [-0.2, -0.15) is 0 Å². The van der Waals surface area contributed by atoms with Crippen LogP contribution in [0.3, 0.4) is 0 Å². The molecule has 1 aliphatic heterocycles. The SMILES string of the molecule is CC(=O)Oc1cccc(C2CNC(=O)C2)c1. The van der Waals surface area contributed by atoms with Crippen molar-refractivity contribution in [1.82, 2.24) is 5.32 Å². The van der Waals surface area contributed by atoms with Gasteiger partial charge in [0, 0.05) is 25.8 Å². The predicted molar refractivity (Wildman–Crippen MR) is 58.1 cm³/mol. The van der Waals surface area contributed by atoms with Gasteiger partial charge in [0.2, 0.25) is 5.91 Å². The van der Waals surface area contributed by atoms with Gasteiger partial charge in [0.05, 0.1) is 0 Å². The third kappa shape index (κ3) is 2.39. The lowest BCUT2D eigenvalue weighted by molar-refractivity contribution is -0.131. The van der Waals surface area contributed by atoms with Gasteiger partial charge in [0.25, 0.3) is 0 Å². The van der Waals surface area contributed by atoms with E-state index in [4.69, 9.17) is 4.74 Å². The van der Waals surface area contributed by atoms with Crippen molar-refractivity contribution < 1.29 is 14.3 Å². The zero-order chi connectivity index (χ0) is 11.5. The molecular formula is C12H13NO3. The lowest BCUT2D eigenvalue weighted by Crippen LogP contribution is -2.13. The molecule has 1 unspecified atom stereocenters. The molecule has 84 valence electrons. The van der Waals surface area contributed by atoms with Crippen LogP contribution in [0.1, 0.15) is 24.8 Å². The normalized spacial score (nSPS) is 19.3. The van der Waals surface area contributed by atoms with E-state index < -0.39 is 0 Å². The summed E-state index contributed by atoms with van der Waals surface area (Å²) in [7, 11) is 0. The lowest BCUT2D eigenvalue weighted by atomic mass is 9.98. The standard InChI is InChI=1S/C12H13NO3/c1-8(14)16-11-4-2-3-9(5-11)10-6-12(15)13-7-10/h2-5,10H,6-7H2,1H3,(H,13,15). The monoisotopic (exact) mass is 219 g/mol. The Balaban J connectivity index is 2.15. The van der Waals surface area contributed by atoms with E-state index in [2.05, 4.69) is 5.32 Å². The van der Waals surface area contributed by atoms with Crippen LogP contribution in [-0.2, 0) is 9.59 Å². The number of carbonyl (C=O) groups excluding carboxylic acids is 2. The van der Waals surface area contributed by atoms with Crippen molar-refractivity contribution >= 4 is 11.9 Å². The zero-order valence-electron chi connectivity index (χ0n) is 9.03. The molecule has 2 rings (SSSR count). The maximum absolute atomic E-state index is 11.1. The van der Waals surface area contributed by atoms with E-state index in [1.165, 1.54) is 6.92 Å². The minimum absolute atomic E-state index is 0.0721. The number of hydrogen-bond acceptors (Lipinski definition) is 3. The molecule has 0 aromatic heterocycles. The van der Waals surface area contributed by atoms with Gasteiger partial charge in [0.1, 0.15) is 5.75 Å². The summed E-state index contributed by atoms with van der Waals surface area (Å²) in [6.07, 6.45) is 0.503. The molecule has 1 heterocycles. The Hall–Kier alpha value is -1.84. The topological polar surface area (TPSA) is 55.4 Å². The van der Waals surface area contributed by atoms with Crippen LogP contribution < -0.4 is 10.1 Å². The van der Waals surface area contributed by atoms with E-state index >= 15 is 0 Å². The highest BCUT2D eigenvalue weighted by molar-refractivity contribution is 5.79. The number of esters is 1. The predicted octanol–water partition coefficient (Wildman–Crippen LogP) is 1.22. The molecule has 0 saturated carbocycles. The molecule has 1 atom stereocenters. The Morgan fingerprint density at radius 3 is 2.94 bits per heavy atom. The molecule has 0 spiro atoms. The van der Waals surface area contributed by atoms with E-state index in [-0.39, 0.29) is 17.8 Å². The van der Waals surface area contributed by atoms with Crippen molar-refractivity contribution in [2.45, 2.75) is 19.3 Å². The molecule has 1 aromatic carbocycles. The van der Waals surface area contributed by atoms with Gasteiger partial charge in [0.15, 0.2) is 0 Å². The van der Waals surface area contributed by atoms with Crippen molar-refractivity contribution in [3.8, 4) is 5.75 Å². The number of benzene rings is 1. The van der Waals surface area contributed by atoms with Gasteiger partial charge >= 0.3 is 5.97 Å². The number of amides is 1. The maximum atomic E-state index is 11.1. The first-order valence-electron chi connectivity index (χ1n) is 5.20. The summed E-state index contributed by atoms with van der Waals surface area (Å²) in [6.45, 7) is 2.02. The molecule has 1 saturated heterocycles. The summed E-state index contributed by atoms with van der Waals surface area (Å²) in [4.78, 5) is 21.9. The zero-order valence-corrected chi connectivity index (χ0v) is 9.03. The van der Waals surface area contributed by atoms with Gasteiger partial charge in [-0.25, -0.2) is 0 Å². The quantitative estimate of drug-likeness (QED) is 0.601. The smallest absolute Gasteiger partial charge is 0.308 e. The van der Waals surface area contributed by atoms with E-state index in [1.54, 1.807) is 6.07 Å². The number of ether oxygens (including phenoxy) is 1. The molecule has 0 bridgehead atoms. The highest BCUT2D eigenvalue weighted by atomic mass is 16.5. The first-order valence-corrected chi connectivity index (χ1v) is 5.20. The maximum Gasteiger partial charge on any atom is 0.308 e. The third-order valence-electron chi connectivity index (χ3n) is 2.57. The Morgan fingerprint density at radius 2 is 2.31 bits per heavy atom. The molecular weight excluding hydrogens is 206 g/mol. The summed E-state index contributed by atoms with van der Waals surface area (Å²) in [5, 5.41) is 2.78. The summed E-state index contributed by atoms with van der Waals surface area (Å²) < 4.78 is 5.00. The molecule has 1 aromatic rings. The van der Waals surface area contributed by atoms with Crippen LogP contribution in [0, 0.1) is 0 Å². The lowest BCUT2D eigenvalue weighted by Gasteiger charge is -2.09. The molecule has 0 radical (unpaired) electrons. The molecule has 4 nitrogen and oxygen atoms in total. The minimum atomic E-state index is -0.335. The van der Waals surface area contributed by atoms with Crippen molar-refractivity contribution in [2.24, 2.45) is 0 Å². The Kier molecular flexibility index (Phi) is 2.90. The molecule has 1 aliphatic rings. The molecule has 1 fully saturated rings. The number of nitrogens with one attached hydrogen (secondary N) is 1. The van der Waals surface area contributed by atoms with E-state index in [9.17, 15) is 9.59 Å². The van der Waals surface area contributed by atoms with Crippen LogP contribution in [0.2, 0.25) is 0 Å². The second kappa shape index (κ2) is 4.35. The minimum Gasteiger partial charge on any atom is -0.427 e. The van der Waals surface area contributed by atoms with Crippen LogP contribution >= 0.6 is 0 Å². The molecule has 16 heavy (non-hydrogen) atoms. The average Bonchev–Trinajstić information content (AvgIpc) is 2.64. The van der Waals surface area contributed by atoms with Crippen LogP contribution in [-0.4, -0.2) is 18.4 Å². The Bertz CT molecular complexity index is 428. The van der Waals surface area contributed by atoms with Crippen LogP contribution in [0.15, 0.2) is 24.3 Å². The fourth-order valence-corrected chi connectivity index (χ4v) is 1.84. The highest BCUT2D eigenvalue weighted by Gasteiger charge is 2.23. The molecule has 1 N–H and O–H groups in total. The fourth-order valence-electron chi connectivity index (χ4n) is 1.84. The first-order chi connectivity index (χ1) is 7.65. The number of hydrogen-bond donors (Lipinski definition) is 1. The Morgan fingerprint density at radius 1 is 1.50 bits per heavy atom. The second-order valence-corrected chi connectivity index (χ2v) is 3.87. The van der Waals surface area contributed by atoms with Crippen molar-refractivity contribution in [3.05, 3.63) is 29.8 Å². The second-order valence-electron chi connectivity index (χ2n) is 3.87. The summed E-state index contributed by atoms with van der Waals surface area (Å²) in [6, 6.07) is 7.32. The van der Waals surface area contributed by atoms with Crippen molar-refractivity contribution in [3.63, 3.8) is 0 Å². The largest absolute Gasteiger partial charge is 0.427 e. The first kappa shape index (κ1) is 10.7. The highest BCUT2D eigenvalue weighted by Crippen LogP contribution is 2.26. The fraction of sp³-hybridized carbons (Fsp3) is 0.333. The average molecular weight is 219 g/mol. The van der Waals surface area contributed by atoms with Crippen LogP contribution in [0.5, 0.6) is 5.75 Å². The van der Waals surface area contributed by atoms with Crippen molar-refractivity contribution in [1.29, 1.82) is 0 Å². The Labute approximate surface area is 93.6 Å².